The summed E-state index contributed by atoms with van der Waals surface area (Å²) < 4.78 is 12.8. The number of benzene rings is 1. The lowest BCUT2D eigenvalue weighted by atomic mass is 10.1. The quantitative estimate of drug-likeness (QED) is 0.667. The third-order valence-electron chi connectivity index (χ3n) is 6.93. The fraction of sp³-hybridized carbons (Fsp3) is 0.440. The van der Waals surface area contributed by atoms with E-state index in [4.69, 9.17) is 9.47 Å². The Morgan fingerprint density at radius 3 is 2.41 bits per heavy atom. The molecule has 3 heterocycles. The molecule has 1 unspecified atom stereocenters. The second-order valence-corrected chi connectivity index (χ2v) is 9.01. The molecule has 1 aromatic carbocycles. The summed E-state index contributed by atoms with van der Waals surface area (Å²) in [4.78, 5) is 52.0. The van der Waals surface area contributed by atoms with E-state index in [0.29, 0.717) is 44.6 Å². The summed E-state index contributed by atoms with van der Waals surface area (Å²) in [6.07, 6.45) is 1.70. The van der Waals surface area contributed by atoms with Gasteiger partial charge in [0, 0.05) is 63.6 Å². The predicted molar refractivity (Wildman–Crippen MR) is 122 cm³/mol. The Balaban J connectivity index is 1.42. The lowest BCUT2D eigenvalue weighted by Crippen LogP contribution is -2.39. The summed E-state index contributed by atoms with van der Waals surface area (Å²) in [5.41, 5.74) is 2.88. The summed E-state index contributed by atoms with van der Waals surface area (Å²) in [7, 11) is 1.30. The number of hydrogen-bond acceptors (Lipinski definition) is 6. The number of esters is 1. The van der Waals surface area contributed by atoms with E-state index in [-0.39, 0.29) is 47.8 Å². The molecule has 1 N–H and O–H groups in total. The summed E-state index contributed by atoms with van der Waals surface area (Å²) in [6, 6.07) is 9.45. The summed E-state index contributed by atoms with van der Waals surface area (Å²) in [5, 5.41) is 2.69. The number of carbonyl (C=O) groups excluding carboxylic acids is 3. The number of pyridine rings is 1. The predicted octanol–water partition coefficient (Wildman–Crippen LogP) is 0.702. The zero-order valence-corrected chi connectivity index (χ0v) is 19.0. The second-order valence-electron chi connectivity index (χ2n) is 9.01. The molecule has 1 saturated heterocycles. The first-order chi connectivity index (χ1) is 16.4. The topological polar surface area (TPSA) is 107 Å². The van der Waals surface area contributed by atoms with Crippen LogP contribution in [0.2, 0.25) is 0 Å². The van der Waals surface area contributed by atoms with Crippen molar-refractivity contribution in [1.29, 1.82) is 0 Å². The third-order valence-corrected chi connectivity index (χ3v) is 6.93. The van der Waals surface area contributed by atoms with E-state index in [1.165, 1.54) is 28.9 Å². The monoisotopic (exact) mass is 465 g/mol. The van der Waals surface area contributed by atoms with Crippen LogP contribution in [0.3, 0.4) is 0 Å². The van der Waals surface area contributed by atoms with Gasteiger partial charge in [-0.05, 0) is 11.1 Å². The van der Waals surface area contributed by atoms with E-state index in [0.717, 1.165) is 0 Å². The van der Waals surface area contributed by atoms with Gasteiger partial charge in [0.15, 0.2) is 0 Å². The van der Waals surface area contributed by atoms with Gasteiger partial charge in [0.25, 0.3) is 5.56 Å². The van der Waals surface area contributed by atoms with Crippen LogP contribution in [0.25, 0.3) is 0 Å². The van der Waals surface area contributed by atoms with Crippen LogP contribution in [-0.4, -0.2) is 60.1 Å². The fourth-order valence-corrected chi connectivity index (χ4v) is 5.20. The number of fused-ring (bicyclic) bond motifs is 2. The number of hydrogen-bond donors (Lipinski definition) is 1. The van der Waals surface area contributed by atoms with E-state index >= 15 is 0 Å². The maximum Gasteiger partial charge on any atom is 0.343 e. The molecule has 2 amide bonds. The molecule has 3 aliphatic rings. The van der Waals surface area contributed by atoms with Gasteiger partial charge in [-0.15, -0.1) is 0 Å². The zero-order chi connectivity index (χ0) is 23.8. The first kappa shape index (κ1) is 22.2. The average Bonchev–Trinajstić information content (AvgIpc) is 3.37. The van der Waals surface area contributed by atoms with Crippen LogP contribution >= 0.6 is 0 Å². The Labute approximate surface area is 196 Å². The van der Waals surface area contributed by atoms with Crippen molar-refractivity contribution in [3.63, 3.8) is 0 Å². The Bertz CT molecular complexity index is 1190. The molecule has 2 aliphatic heterocycles. The maximum absolute atomic E-state index is 13.0. The molecular formula is C25H27N3O6. The van der Waals surface area contributed by atoms with Crippen LogP contribution in [0.4, 0.5) is 0 Å². The van der Waals surface area contributed by atoms with Crippen molar-refractivity contribution in [2.24, 2.45) is 5.92 Å². The summed E-state index contributed by atoms with van der Waals surface area (Å²) in [6.45, 7) is 1.25. The Morgan fingerprint density at radius 2 is 1.76 bits per heavy atom. The third kappa shape index (κ3) is 4.06. The second kappa shape index (κ2) is 8.96. The number of nitrogens with zero attached hydrogens (tertiary/aromatic N) is 2. The smallest absolute Gasteiger partial charge is 0.343 e. The molecule has 0 bridgehead atoms. The van der Waals surface area contributed by atoms with Gasteiger partial charge in [-0.1, -0.05) is 24.3 Å². The van der Waals surface area contributed by atoms with E-state index < -0.39 is 11.9 Å². The number of ether oxygens (including phenoxy) is 2. The molecule has 178 valence electrons. The molecular weight excluding hydrogens is 438 g/mol. The minimum absolute atomic E-state index is 0.112. The highest BCUT2D eigenvalue weighted by atomic mass is 16.5. The molecule has 1 aliphatic carbocycles. The van der Waals surface area contributed by atoms with Crippen LogP contribution in [0.15, 0.2) is 35.1 Å². The SMILES string of the molecule is COC(=O)c1c(OC2Cc3ccccc3C2)cc(=O)n2c1CCN(C(=O)C1CNC(=O)C1)CC2. The molecule has 1 fully saturated rings. The van der Waals surface area contributed by atoms with Gasteiger partial charge < -0.3 is 24.3 Å². The number of methoxy groups -OCH3 is 1. The first-order valence-electron chi connectivity index (χ1n) is 11.6. The van der Waals surface area contributed by atoms with Gasteiger partial charge in [-0.25, -0.2) is 4.79 Å². The number of rotatable bonds is 4. The van der Waals surface area contributed by atoms with Gasteiger partial charge in [-0.2, -0.15) is 0 Å². The van der Waals surface area contributed by atoms with Crippen LogP contribution in [0, 0.1) is 5.92 Å². The van der Waals surface area contributed by atoms with Crippen molar-refractivity contribution < 1.29 is 23.9 Å². The van der Waals surface area contributed by atoms with Crippen LogP contribution < -0.4 is 15.6 Å². The van der Waals surface area contributed by atoms with Crippen molar-refractivity contribution in [1.82, 2.24) is 14.8 Å². The van der Waals surface area contributed by atoms with Gasteiger partial charge in [0.05, 0.1) is 13.0 Å². The van der Waals surface area contributed by atoms with Crippen molar-refractivity contribution >= 4 is 17.8 Å². The van der Waals surface area contributed by atoms with Crippen molar-refractivity contribution in [2.75, 3.05) is 26.7 Å². The number of nitrogens with one attached hydrogen (secondary N) is 1. The average molecular weight is 466 g/mol. The number of amides is 2. The standard InChI is InChI=1S/C25H27N3O6/c1-33-25(32)23-19-6-7-27(24(31)17-12-21(29)26-14-17)8-9-28(19)22(30)13-20(23)34-18-10-15-4-2-3-5-16(15)11-18/h2-5,13,17-18H,6-12,14H2,1H3,(H,26,29). The first-order valence-corrected chi connectivity index (χ1v) is 11.6. The minimum atomic E-state index is -0.570. The highest BCUT2D eigenvalue weighted by Crippen LogP contribution is 2.30. The molecule has 9 heteroatoms. The van der Waals surface area contributed by atoms with Gasteiger partial charge >= 0.3 is 5.97 Å². The highest BCUT2D eigenvalue weighted by Gasteiger charge is 2.34. The van der Waals surface area contributed by atoms with E-state index in [2.05, 4.69) is 17.4 Å². The fourth-order valence-electron chi connectivity index (χ4n) is 5.20. The molecule has 1 atom stereocenters. The Morgan fingerprint density at radius 1 is 1.03 bits per heavy atom. The maximum atomic E-state index is 13.0. The van der Waals surface area contributed by atoms with Crippen LogP contribution in [0.1, 0.15) is 33.6 Å². The Hall–Kier alpha value is -3.62. The lowest BCUT2D eigenvalue weighted by Gasteiger charge is -2.22. The van der Waals surface area contributed by atoms with E-state index in [1.807, 2.05) is 12.1 Å². The van der Waals surface area contributed by atoms with Crippen molar-refractivity contribution in [3.05, 3.63) is 63.1 Å². The molecule has 2 aromatic rings. The molecule has 0 spiro atoms. The van der Waals surface area contributed by atoms with E-state index in [1.54, 1.807) is 4.90 Å². The molecule has 1 aromatic heterocycles. The van der Waals surface area contributed by atoms with Gasteiger partial charge in [0.1, 0.15) is 17.4 Å². The molecule has 0 saturated carbocycles. The summed E-state index contributed by atoms with van der Waals surface area (Å²) in [5.74, 6) is -0.977. The van der Waals surface area contributed by atoms with Crippen LogP contribution in [-0.2, 0) is 40.1 Å². The highest BCUT2D eigenvalue weighted by molar-refractivity contribution is 5.94. The Kier molecular flexibility index (Phi) is 5.85. The van der Waals surface area contributed by atoms with Crippen molar-refractivity contribution in [2.45, 2.75) is 38.3 Å². The summed E-state index contributed by atoms with van der Waals surface area (Å²) >= 11 is 0. The normalized spacial score (nSPS) is 19.7. The molecule has 34 heavy (non-hydrogen) atoms. The zero-order valence-electron chi connectivity index (χ0n) is 19.0. The lowest BCUT2D eigenvalue weighted by molar-refractivity contribution is -0.135. The number of carbonyl (C=O) groups is 3. The molecule has 9 nitrogen and oxygen atoms in total. The van der Waals surface area contributed by atoms with Crippen molar-refractivity contribution in [3.8, 4) is 5.75 Å². The van der Waals surface area contributed by atoms with E-state index in [9.17, 15) is 19.2 Å². The minimum Gasteiger partial charge on any atom is -0.489 e. The van der Waals surface area contributed by atoms with Gasteiger partial charge in [-0.3, -0.25) is 14.4 Å². The molecule has 5 rings (SSSR count). The largest absolute Gasteiger partial charge is 0.489 e. The van der Waals surface area contributed by atoms with Gasteiger partial charge in [0.2, 0.25) is 11.8 Å². The number of aromatic nitrogens is 1. The molecule has 0 radical (unpaired) electrons. The van der Waals surface area contributed by atoms with Crippen LogP contribution in [0.5, 0.6) is 5.75 Å².